The van der Waals surface area contributed by atoms with Crippen LogP contribution in [0.4, 0.5) is 10.1 Å². The second-order valence-electron chi connectivity index (χ2n) is 4.72. The molecule has 0 aromatic heterocycles. The number of rotatable bonds is 4. The van der Waals surface area contributed by atoms with Crippen molar-refractivity contribution in [2.75, 3.05) is 18.0 Å². The van der Waals surface area contributed by atoms with Crippen molar-refractivity contribution in [2.45, 2.75) is 12.8 Å². The second kappa shape index (κ2) is 5.26. The standard InChI is InChI=1S/C13H15FN2O3/c14-9-1-2-11(10(6-9)13(15)19)16-4-3-8(7-16)5-12(17)18/h1-2,6,8H,3-5,7H2,(H2,15,19)(H,17,18). The van der Waals surface area contributed by atoms with Gasteiger partial charge in [-0.2, -0.15) is 0 Å². The number of nitrogens with zero attached hydrogens (tertiary/aromatic N) is 1. The Kier molecular flexibility index (Phi) is 3.69. The maximum atomic E-state index is 13.1. The summed E-state index contributed by atoms with van der Waals surface area (Å²) in [6, 6.07) is 3.90. The predicted octanol–water partition coefficient (Wildman–Crippen LogP) is 1.23. The molecule has 0 radical (unpaired) electrons. The summed E-state index contributed by atoms with van der Waals surface area (Å²) in [5.74, 6) is -1.99. The van der Waals surface area contributed by atoms with E-state index in [1.165, 1.54) is 12.1 Å². The average Bonchev–Trinajstić information content (AvgIpc) is 2.76. The van der Waals surface area contributed by atoms with E-state index in [9.17, 15) is 14.0 Å². The lowest BCUT2D eigenvalue weighted by atomic mass is 10.1. The first-order valence-electron chi connectivity index (χ1n) is 6.03. The molecule has 1 amide bonds. The number of amides is 1. The number of carboxylic acid groups (broad SMARTS) is 1. The van der Waals surface area contributed by atoms with Gasteiger partial charge in [-0.15, -0.1) is 0 Å². The van der Waals surface area contributed by atoms with E-state index < -0.39 is 17.7 Å². The summed E-state index contributed by atoms with van der Waals surface area (Å²) in [6.07, 6.45) is 0.839. The van der Waals surface area contributed by atoms with Gasteiger partial charge in [-0.3, -0.25) is 9.59 Å². The Morgan fingerprint density at radius 1 is 1.47 bits per heavy atom. The summed E-state index contributed by atoms with van der Waals surface area (Å²) >= 11 is 0. The molecule has 0 aliphatic carbocycles. The number of nitrogens with two attached hydrogens (primary N) is 1. The van der Waals surface area contributed by atoms with Gasteiger partial charge in [0.2, 0.25) is 0 Å². The Labute approximate surface area is 109 Å². The highest BCUT2D eigenvalue weighted by Gasteiger charge is 2.26. The fourth-order valence-corrected chi connectivity index (χ4v) is 2.45. The monoisotopic (exact) mass is 266 g/mol. The summed E-state index contributed by atoms with van der Waals surface area (Å²) in [5.41, 5.74) is 5.95. The molecule has 1 heterocycles. The molecule has 1 atom stereocenters. The molecule has 6 heteroatoms. The number of halogens is 1. The van der Waals surface area contributed by atoms with Crippen molar-refractivity contribution in [3.8, 4) is 0 Å². The van der Waals surface area contributed by atoms with Gasteiger partial charge in [0, 0.05) is 25.2 Å². The molecule has 1 aliphatic heterocycles. The molecule has 1 saturated heterocycles. The number of hydrogen-bond donors (Lipinski definition) is 2. The highest BCUT2D eigenvalue weighted by Crippen LogP contribution is 2.28. The van der Waals surface area contributed by atoms with Crippen LogP contribution in [0, 0.1) is 11.7 Å². The van der Waals surface area contributed by atoms with Crippen LogP contribution in [0.3, 0.4) is 0 Å². The summed E-state index contributed by atoms with van der Waals surface area (Å²) in [5, 5.41) is 8.77. The van der Waals surface area contributed by atoms with Crippen molar-refractivity contribution < 1.29 is 19.1 Å². The largest absolute Gasteiger partial charge is 0.481 e. The van der Waals surface area contributed by atoms with Crippen LogP contribution in [0.2, 0.25) is 0 Å². The number of carbonyl (C=O) groups is 2. The molecule has 2 rings (SSSR count). The summed E-state index contributed by atoms with van der Waals surface area (Å²) in [7, 11) is 0. The third-order valence-corrected chi connectivity index (χ3v) is 3.31. The smallest absolute Gasteiger partial charge is 0.303 e. The van der Waals surface area contributed by atoms with E-state index in [1.54, 1.807) is 0 Å². The fourth-order valence-electron chi connectivity index (χ4n) is 2.45. The molecule has 1 aliphatic rings. The Bertz CT molecular complexity index is 519. The molecule has 19 heavy (non-hydrogen) atoms. The number of anilines is 1. The summed E-state index contributed by atoms with van der Waals surface area (Å²) in [6.45, 7) is 1.18. The number of carbonyl (C=O) groups excluding carboxylic acids is 1. The fraction of sp³-hybridized carbons (Fsp3) is 0.385. The van der Waals surface area contributed by atoms with Crippen LogP contribution in [0.15, 0.2) is 18.2 Å². The van der Waals surface area contributed by atoms with Crippen molar-refractivity contribution in [2.24, 2.45) is 11.7 Å². The minimum absolute atomic E-state index is 0.0447. The quantitative estimate of drug-likeness (QED) is 0.858. The van der Waals surface area contributed by atoms with Crippen molar-refractivity contribution in [3.63, 3.8) is 0 Å². The molecule has 1 unspecified atom stereocenters. The lowest BCUT2D eigenvalue weighted by molar-refractivity contribution is -0.137. The van der Waals surface area contributed by atoms with Crippen molar-refractivity contribution in [1.82, 2.24) is 0 Å². The Balaban J connectivity index is 2.19. The molecule has 1 fully saturated rings. The van der Waals surface area contributed by atoms with Gasteiger partial charge >= 0.3 is 5.97 Å². The zero-order valence-corrected chi connectivity index (χ0v) is 10.3. The minimum Gasteiger partial charge on any atom is -0.481 e. The summed E-state index contributed by atoms with van der Waals surface area (Å²) in [4.78, 5) is 23.9. The van der Waals surface area contributed by atoms with Gasteiger partial charge in [-0.05, 0) is 30.5 Å². The third-order valence-electron chi connectivity index (χ3n) is 3.31. The number of primary amides is 1. The van der Waals surface area contributed by atoms with Crippen LogP contribution in [-0.4, -0.2) is 30.1 Å². The van der Waals surface area contributed by atoms with Gasteiger partial charge in [0.05, 0.1) is 5.56 Å². The van der Waals surface area contributed by atoms with E-state index in [4.69, 9.17) is 10.8 Å². The first-order valence-corrected chi connectivity index (χ1v) is 6.03. The van der Waals surface area contributed by atoms with E-state index in [1.807, 2.05) is 4.90 Å². The highest BCUT2D eigenvalue weighted by atomic mass is 19.1. The number of aliphatic carboxylic acids is 1. The number of hydrogen-bond acceptors (Lipinski definition) is 3. The van der Waals surface area contributed by atoms with Crippen molar-refractivity contribution in [3.05, 3.63) is 29.6 Å². The van der Waals surface area contributed by atoms with Gasteiger partial charge in [0.25, 0.3) is 5.91 Å². The maximum Gasteiger partial charge on any atom is 0.303 e. The third kappa shape index (κ3) is 3.01. The first-order chi connectivity index (χ1) is 8.97. The van der Waals surface area contributed by atoms with E-state index >= 15 is 0 Å². The molecule has 1 aromatic carbocycles. The molecular weight excluding hydrogens is 251 g/mol. The van der Waals surface area contributed by atoms with Crippen LogP contribution in [0.25, 0.3) is 0 Å². The van der Waals surface area contributed by atoms with E-state index in [-0.39, 0.29) is 17.9 Å². The molecule has 0 saturated carbocycles. The van der Waals surface area contributed by atoms with Crippen LogP contribution >= 0.6 is 0 Å². The van der Waals surface area contributed by atoms with Gasteiger partial charge in [-0.1, -0.05) is 0 Å². The molecule has 0 bridgehead atoms. The topological polar surface area (TPSA) is 83.6 Å². The Hall–Kier alpha value is -2.11. The Morgan fingerprint density at radius 3 is 2.84 bits per heavy atom. The van der Waals surface area contributed by atoms with Gasteiger partial charge in [-0.25, -0.2) is 4.39 Å². The highest BCUT2D eigenvalue weighted by molar-refractivity contribution is 5.98. The summed E-state index contributed by atoms with van der Waals surface area (Å²) < 4.78 is 13.1. The predicted molar refractivity (Wildman–Crippen MR) is 67.5 cm³/mol. The molecule has 1 aromatic rings. The maximum absolute atomic E-state index is 13.1. The molecule has 5 nitrogen and oxygen atoms in total. The van der Waals surface area contributed by atoms with E-state index in [0.29, 0.717) is 18.8 Å². The molecular formula is C13H15FN2O3. The van der Waals surface area contributed by atoms with Crippen molar-refractivity contribution in [1.29, 1.82) is 0 Å². The van der Waals surface area contributed by atoms with Crippen LogP contribution < -0.4 is 10.6 Å². The minimum atomic E-state index is -0.832. The zero-order valence-electron chi connectivity index (χ0n) is 10.3. The first kappa shape index (κ1) is 13.3. The van der Waals surface area contributed by atoms with E-state index in [2.05, 4.69) is 0 Å². The normalized spacial score (nSPS) is 18.6. The second-order valence-corrected chi connectivity index (χ2v) is 4.72. The average molecular weight is 266 g/mol. The molecule has 102 valence electrons. The lowest BCUT2D eigenvalue weighted by Gasteiger charge is -2.21. The van der Waals surface area contributed by atoms with Crippen LogP contribution in [0.1, 0.15) is 23.2 Å². The molecule has 0 spiro atoms. The van der Waals surface area contributed by atoms with Crippen molar-refractivity contribution >= 4 is 17.6 Å². The lowest BCUT2D eigenvalue weighted by Crippen LogP contribution is -2.24. The Morgan fingerprint density at radius 2 is 2.21 bits per heavy atom. The van der Waals surface area contributed by atoms with Gasteiger partial charge in [0.1, 0.15) is 5.82 Å². The zero-order chi connectivity index (χ0) is 14.0. The number of carboxylic acids is 1. The SMILES string of the molecule is NC(=O)c1cc(F)ccc1N1CCC(CC(=O)O)C1. The van der Waals surface area contributed by atoms with Crippen LogP contribution in [0.5, 0.6) is 0 Å². The molecule has 3 N–H and O–H groups in total. The van der Waals surface area contributed by atoms with Crippen LogP contribution in [-0.2, 0) is 4.79 Å². The van der Waals surface area contributed by atoms with Gasteiger partial charge < -0.3 is 15.7 Å². The number of benzene rings is 1. The van der Waals surface area contributed by atoms with E-state index in [0.717, 1.165) is 12.5 Å². The van der Waals surface area contributed by atoms with Gasteiger partial charge in [0.15, 0.2) is 0 Å².